The summed E-state index contributed by atoms with van der Waals surface area (Å²) in [7, 11) is 0. The van der Waals surface area contributed by atoms with E-state index in [2.05, 4.69) is 10.1 Å². The highest BCUT2D eigenvalue weighted by atomic mass is 19.1. The van der Waals surface area contributed by atoms with Crippen molar-refractivity contribution in [3.8, 4) is 0 Å². The van der Waals surface area contributed by atoms with Gasteiger partial charge in [-0.05, 0) is 64.2 Å². The van der Waals surface area contributed by atoms with E-state index in [0.29, 0.717) is 35.9 Å². The molecule has 2 aliphatic rings. The van der Waals surface area contributed by atoms with E-state index in [4.69, 9.17) is 12.7 Å². The van der Waals surface area contributed by atoms with E-state index in [9.17, 15) is 9.18 Å². The van der Waals surface area contributed by atoms with Crippen LogP contribution in [0.25, 0.3) is 11.0 Å². The third-order valence-electron chi connectivity index (χ3n) is 5.87. The van der Waals surface area contributed by atoms with E-state index < -0.39 is 30.6 Å². The first-order chi connectivity index (χ1) is 16.8. The molecule has 6 nitrogen and oxygen atoms in total. The zero-order valence-electron chi connectivity index (χ0n) is 22.7. The van der Waals surface area contributed by atoms with Gasteiger partial charge in [-0.3, -0.25) is 9.36 Å². The van der Waals surface area contributed by atoms with Gasteiger partial charge in [0.1, 0.15) is 11.6 Å². The predicted molar refractivity (Wildman–Crippen MR) is 112 cm³/mol. The third kappa shape index (κ3) is 3.55. The van der Waals surface area contributed by atoms with Crippen molar-refractivity contribution in [2.75, 3.05) is 19.6 Å². The normalized spacial score (nSPS) is 23.7. The average Bonchev–Trinajstić information content (AvgIpc) is 3.22. The Labute approximate surface area is 183 Å². The molecule has 30 heavy (non-hydrogen) atoms. The average molecular weight is 417 g/mol. The summed E-state index contributed by atoms with van der Waals surface area (Å²) >= 11 is 0. The molecule has 3 aromatic rings. The number of fused-ring (bicyclic) bond motifs is 2. The monoisotopic (exact) mass is 416 g/mol. The van der Waals surface area contributed by atoms with Gasteiger partial charge in [-0.1, -0.05) is 5.16 Å². The second-order valence-electron chi connectivity index (χ2n) is 7.84. The van der Waals surface area contributed by atoms with E-state index in [0.717, 1.165) is 4.57 Å². The molecular formula is C23H27FN4O2. The molecule has 7 heteroatoms. The van der Waals surface area contributed by atoms with Gasteiger partial charge >= 0.3 is 0 Å². The number of benzene rings is 1. The number of likely N-dealkylation sites (tertiary alicyclic amines) is 1. The fraction of sp³-hybridized carbons (Fsp3) is 0.522. The Morgan fingerprint density at radius 1 is 1.30 bits per heavy atom. The number of piperidine rings is 1. The summed E-state index contributed by atoms with van der Waals surface area (Å²) in [6.45, 7) is -0.446. The molecule has 0 aliphatic carbocycles. The number of aromatic nitrogens is 3. The van der Waals surface area contributed by atoms with E-state index >= 15 is 0 Å². The van der Waals surface area contributed by atoms with Gasteiger partial charge in [0, 0.05) is 56.3 Å². The number of rotatable bonds is 4. The number of hydrogen-bond acceptors (Lipinski definition) is 5. The molecule has 0 bridgehead atoms. The number of hydrogen-bond donors (Lipinski definition) is 0. The highest BCUT2D eigenvalue weighted by Gasteiger charge is 2.25. The Bertz CT molecular complexity index is 1380. The second kappa shape index (κ2) is 7.95. The van der Waals surface area contributed by atoms with Crippen molar-refractivity contribution >= 4 is 11.0 Å². The number of halogens is 1. The summed E-state index contributed by atoms with van der Waals surface area (Å²) in [5.41, 5.74) is -0.0800. The summed E-state index contributed by atoms with van der Waals surface area (Å²) < 4.78 is 71.3. The lowest BCUT2D eigenvalue weighted by molar-refractivity contribution is 0.211. The predicted octanol–water partition coefficient (Wildman–Crippen LogP) is 3.59. The van der Waals surface area contributed by atoms with Crippen molar-refractivity contribution < 1.29 is 17.1 Å². The first kappa shape index (κ1) is 13.7. The summed E-state index contributed by atoms with van der Waals surface area (Å²) in [5.74, 6) is -0.513. The molecule has 0 N–H and O–H groups in total. The zero-order chi connectivity index (χ0) is 26.0. The first-order valence-corrected chi connectivity index (χ1v) is 10.3. The van der Waals surface area contributed by atoms with Crippen molar-refractivity contribution in [1.82, 2.24) is 19.6 Å². The summed E-state index contributed by atoms with van der Waals surface area (Å²) in [6, 6.07) is 4.22. The Morgan fingerprint density at radius 3 is 2.97 bits per heavy atom. The van der Waals surface area contributed by atoms with Crippen LogP contribution in [0.1, 0.15) is 62.6 Å². The Hall–Kier alpha value is -2.54. The van der Waals surface area contributed by atoms with Gasteiger partial charge in [0.2, 0.25) is 0 Å². The lowest BCUT2D eigenvalue weighted by atomic mass is 9.91. The molecule has 1 aromatic carbocycles. The van der Waals surface area contributed by atoms with Gasteiger partial charge in [-0.25, -0.2) is 9.37 Å². The van der Waals surface area contributed by atoms with Crippen LogP contribution in [-0.4, -0.2) is 39.2 Å². The molecule has 4 heterocycles. The second-order valence-corrected chi connectivity index (χ2v) is 7.84. The van der Waals surface area contributed by atoms with Crippen molar-refractivity contribution in [1.29, 1.82) is 0 Å². The fourth-order valence-electron chi connectivity index (χ4n) is 4.21. The molecule has 0 unspecified atom stereocenters. The zero-order valence-corrected chi connectivity index (χ0v) is 16.7. The van der Waals surface area contributed by atoms with E-state index in [-0.39, 0.29) is 49.1 Å². The molecule has 2 aliphatic heterocycles. The Morgan fingerprint density at radius 2 is 2.13 bits per heavy atom. The molecule has 2 aromatic heterocycles. The lowest BCUT2D eigenvalue weighted by Crippen LogP contribution is -2.37. The number of nitrogens with zero attached hydrogens (tertiary/aromatic N) is 4. The van der Waals surface area contributed by atoms with Crippen molar-refractivity contribution in [3.63, 3.8) is 0 Å². The van der Waals surface area contributed by atoms with Crippen LogP contribution in [0.3, 0.4) is 0 Å². The highest BCUT2D eigenvalue weighted by Crippen LogP contribution is 2.32. The summed E-state index contributed by atoms with van der Waals surface area (Å²) in [6.07, 6.45) is -2.90. The molecule has 0 saturated carbocycles. The largest absolute Gasteiger partial charge is 0.356 e. The van der Waals surface area contributed by atoms with Crippen molar-refractivity contribution in [2.24, 2.45) is 0 Å². The van der Waals surface area contributed by atoms with E-state index in [1.165, 1.54) is 24.0 Å². The van der Waals surface area contributed by atoms with Gasteiger partial charge in [-0.15, -0.1) is 0 Å². The molecule has 0 radical (unpaired) electrons. The fourth-order valence-corrected chi connectivity index (χ4v) is 4.21. The standard InChI is InChI=1S/C23H27FN4O2/c1-15-18(23(29)28-10-3-2-4-21(28)25-15)9-13-27-11-7-16(8-12-27)22-19-6-5-17(24)14-20(19)30-26-22/h5-6,14,16H,2-4,7-13H2,1H3/i4D2,9D2,13D2. The minimum absolute atomic E-state index is 0.00193. The molecule has 1 saturated heterocycles. The Balaban J connectivity index is 1.42. The smallest absolute Gasteiger partial charge is 0.256 e. The summed E-state index contributed by atoms with van der Waals surface area (Å²) in [4.78, 5) is 19.0. The van der Waals surface area contributed by atoms with Crippen LogP contribution >= 0.6 is 0 Å². The van der Waals surface area contributed by atoms with Crippen molar-refractivity contribution in [2.45, 2.75) is 57.8 Å². The van der Waals surface area contributed by atoms with Gasteiger partial charge in [-0.2, -0.15) is 0 Å². The SMILES string of the molecule is [2H]C1([2H])CCCn2c1nc(C)c(C([2H])([2H])C([2H])([2H])N1CCC(c3noc4cc(F)ccc34)CC1)c2=O. The maximum Gasteiger partial charge on any atom is 0.256 e. The van der Waals surface area contributed by atoms with Crippen molar-refractivity contribution in [3.05, 3.63) is 57.1 Å². The van der Waals surface area contributed by atoms with Crippen LogP contribution in [-0.2, 0) is 19.3 Å². The summed E-state index contributed by atoms with van der Waals surface area (Å²) in [5, 5.41) is 4.81. The lowest BCUT2D eigenvalue weighted by Gasteiger charge is -2.31. The van der Waals surface area contributed by atoms with Gasteiger partial charge in [0.15, 0.2) is 5.58 Å². The van der Waals surface area contributed by atoms with Crippen LogP contribution in [0, 0.1) is 12.7 Å². The molecule has 158 valence electrons. The minimum Gasteiger partial charge on any atom is -0.356 e. The minimum atomic E-state index is -2.70. The molecule has 0 atom stereocenters. The quantitative estimate of drug-likeness (QED) is 0.650. The molecule has 5 rings (SSSR count). The van der Waals surface area contributed by atoms with Crippen LogP contribution in [0.4, 0.5) is 4.39 Å². The van der Waals surface area contributed by atoms with Gasteiger partial charge in [0.25, 0.3) is 5.56 Å². The molecular weight excluding hydrogens is 383 g/mol. The maximum absolute atomic E-state index is 13.5. The van der Waals surface area contributed by atoms with Gasteiger partial charge < -0.3 is 9.42 Å². The molecule has 1 fully saturated rings. The van der Waals surface area contributed by atoms with Crippen LogP contribution in [0.15, 0.2) is 27.5 Å². The van der Waals surface area contributed by atoms with Crippen LogP contribution in [0.5, 0.6) is 0 Å². The topological polar surface area (TPSA) is 64.2 Å². The van der Waals surface area contributed by atoms with E-state index in [1.807, 2.05) is 0 Å². The van der Waals surface area contributed by atoms with Crippen LogP contribution in [0.2, 0.25) is 0 Å². The molecule has 0 spiro atoms. The molecule has 0 amide bonds. The number of aryl methyl sites for hydroxylation is 2. The third-order valence-corrected chi connectivity index (χ3v) is 5.87. The Kier molecular flexibility index (Phi) is 3.63. The van der Waals surface area contributed by atoms with E-state index in [1.54, 1.807) is 6.07 Å². The maximum atomic E-state index is 13.5. The highest BCUT2D eigenvalue weighted by molar-refractivity contribution is 5.79. The van der Waals surface area contributed by atoms with Crippen LogP contribution < -0.4 is 5.56 Å². The first-order valence-electron chi connectivity index (χ1n) is 13.3. The van der Waals surface area contributed by atoms with Gasteiger partial charge in [0.05, 0.1) is 5.69 Å².